The smallest absolute Gasteiger partial charge is 0.319 e. The fourth-order valence-electron chi connectivity index (χ4n) is 2.80. The van der Waals surface area contributed by atoms with Crippen molar-refractivity contribution in [3.05, 3.63) is 52.3 Å². The molecule has 0 spiro atoms. The first-order valence-electron chi connectivity index (χ1n) is 9.21. The van der Waals surface area contributed by atoms with Gasteiger partial charge in [-0.1, -0.05) is 11.6 Å². The molecule has 3 heterocycles. The number of halogens is 3. The molecule has 31 heavy (non-hydrogen) atoms. The predicted octanol–water partition coefficient (Wildman–Crippen LogP) is 3.60. The Morgan fingerprint density at radius 2 is 1.97 bits per heavy atom. The van der Waals surface area contributed by atoms with Gasteiger partial charge in [0.15, 0.2) is 12.4 Å². The third kappa shape index (κ3) is 6.07. The Labute approximate surface area is 181 Å². The van der Waals surface area contributed by atoms with E-state index >= 15 is 0 Å². The quantitative estimate of drug-likeness (QED) is 0.531. The van der Waals surface area contributed by atoms with Crippen LogP contribution >= 0.6 is 11.6 Å². The van der Waals surface area contributed by atoms with Crippen molar-refractivity contribution in [1.82, 2.24) is 30.0 Å². The number of hydrogen-bond acceptors (Lipinski definition) is 6. The van der Waals surface area contributed by atoms with Crippen LogP contribution in [0.25, 0.3) is 5.82 Å². The molecule has 0 saturated heterocycles. The minimum atomic E-state index is -2.65. The second-order valence-electron chi connectivity index (χ2n) is 6.67. The monoisotopic (exact) mass is 451 g/mol. The number of nitrogens with one attached hydrogen (secondary N) is 2. The van der Waals surface area contributed by atoms with Crippen molar-refractivity contribution >= 4 is 23.3 Å². The van der Waals surface area contributed by atoms with Crippen LogP contribution in [0.3, 0.4) is 0 Å². The zero-order valence-corrected chi connectivity index (χ0v) is 17.7. The van der Waals surface area contributed by atoms with E-state index in [-0.39, 0.29) is 23.3 Å². The third-order valence-corrected chi connectivity index (χ3v) is 4.25. The third-order valence-electron chi connectivity index (χ3n) is 4.06. The number of alkyl halides is 2. The van der Waals surface area contributed by atoms with Crippen LogP contribution < -0.4 is 15.4 Å². The lowest BCUT2D eigenvalue weighted by molar-refractivity contribution is 0.0796. The van der Waals surface area contributed by atoms with Gasteiger partial charge in [-0.2, -0.15) is 5.10 Å². The molecule has 2 amide bonds. The SMILES string of the molecule is Cc1cn(-c2nnc(CNC(=O)Nc3cc(Cl)nc(OCC(F)F)c3)cc2C)c(C)n1. The molecular weight excluding hydrogens is 432 g/mol. The first-order valence-corrected chi connectivity index (χ1v) is 9.58. The van der Waals surface area contributed by atoms with Crippen LogP contribution in [-0.4, -0.2) is 43.8 Å². The van der Waals surface area contributed by atoms with E-state index in [1.807, 2.05) is 37.6 Å². The normalized spacial score (nSPS) is 10.9. The molecule has 0 atom stereocenters. The van der Waals surface area contributed by atoms with Gasteiger partial charge in [-0.05, 0) is 38.5 Å². The van der Waals surface area contributed by atoms with Gasteiger partial charge >= 0.3 is 6.03 Å². The van der Waals surface area contributed by atoms with E-state index in [4.69, 9.17) is 16.3 Å². The van der Waals surface area contributed by atoms with Crippen molar-refractivity contribution in [2.24, 2.45) is 0 Å². The van der Waals surface area contributed by atoms with Crippen molar-refractivity contribution < 1.29 is 18.3 Å². The summed E-state index contributed by atoms with van der Waals surface area (Å²) in [6, 6.07) is 3.93. The summed E-state index contributed by atoms with van der Waals surface area (Å²) >= 11 is 5.84. The van der Waals surface area contributed by atoms with E-state index in [0.717, 1.165) is 17.1 Å². The van der Waals surface area contributed by atoms with Gasteiger partial charge in [-0.3, -0.25) is 4.57 Å². The minimum Gasteiger partial charge on any atom is -0.471 e. The van der Waals surface area contributed by atoms with Gasteiger partial charge < -0.3 is 15.4 Å². The summed E-state index contributed by atoms with van der Waals surface area (Å²) in [4.78, 5) is 20.3. The number of rotatable bonds is 7. The number of ether oxygens (including phenoxy) is 1. The topological polar surface area (TPSA) is 107 Å². The summed E-state index contributed by atoms with van der Waals surface area (Å²) in [7, 11) is 0. The lowest BCUT2D eigenvalue weighted by Crippen LogP contribution is -2.28. The predicted molar refractivity (Wildman–Crippen MR) is 110 cm³/mol. The number of nitrogens with zero attached hydrogens (tertiary/aromatic N) is 5. The van der Waals surface area contributed by atoms with Crippen molar-refractivity contribution in [1.29, 1.82) is 0 Å². The van der Waals surface area contributed by atoms with Gasteiger partial charge in [-0.15, -0.1) is 5.10 Å². The van der Waals surface area contributed by atoms with Gasteiger partial charge in [0.2, 0.25) is 5.88 Å². The lowest BCUT2D eigenvalue weighted by Gasteiger charge is -2.11. The number of carbonyl (C=O) groups is 1. The number of aromatic nitrogens is 5. The number of amides is 2. The molecule has 3 rings (SSSR count). The summed E-state index contributed by atoms with van der Waals surface area (Å²) in [5, 5.41) is 13.6. The molecule has 0 aliphatic heterocycles. The average Bonchev–Trinajstić information content (AvgIpc) is 3.02. The Bertz CT molecular complexity index is 1090. The van der Waals surface area contributed by atoms with Crippen LogP contribution in [0.5, 0.6) is 5.88 Å². The molecule has 2 N–H and O–H groups in total. The first-order chi connectivity index (χ1) is 14.7. The second kappa shape index (κ2) is 9.65. The van der Waals surface area contributed by atoms with Gasteiger partial charge in [0, 0.05) is 12.3 Å². The number of urea groups is 1. The Morgan fingerprint density at radius 3 is 2.61 bits per heavy atom. The number of aryl methyl sites for hydroxylation is 3. The molecule has 12 heteroatoms. The first kappa shape index (κ1) is 22.3. The van der Waals surface area contributed by atoms with E-state index in [1.165, 1.54) is 12.1 Å². The molecular formula is C19H20ClF2N7O2. The van der Waals surface area contributed by atoms with Crippen LogP contribution in [0, 0.1) is 20.8 Å². The zero-order valence-electron chi connectivity index (χ0n) is 17.0. The standard InChI is InChI=1S/C19H20ClF2N7O2/c1-10-4-14(27-28-18(10)29-8-11(2)24-12(29)3)7-23-19(30)25-13-5-15(20)26-17(6-13)31-9-16(21)22/h4-6,8,16H,7,9H2,1-3H3,(H2,23,25,26,30). The van der Waals surface area contributed by atoms with Crippen molar-refractivity contribution in [2.75, 3.05) is 11.9 Å². The van der Waals surface area contributed by atoms with E-state index in [1.54, 1.807) is 0 Å². The number of carbonyl (C=O) groups excluding carboxylic acids is 1. The van der Waals surface area contributed by atoms with Gasteiger partial charge in [0.25, 0.3) is 6.43 Å². The van der Waals surface area contributed by atoms with Crippen molar-refractivity contribution in [2.45, 2.75) is 33.7 Å². The maximum atomic E-state index is 12.3. The van der Waals surface area contributed by atoms with E-state index < -0.39 is 19.1 Å². The van der Waals surface area contributed by atoms with Crippen molar-refractivity contribution in [3.8, 4) is 11.7 Å². The summed E-state index contributed by atoms with van der Waals surface area (Å²) in [5.74, 6) is 1.34. The lowest BCUT2D eigenvalue weighted by atomic mass is 10.2. The molecule has 164 valence electrons. The van der Waals surface area contributed by atoms with Gasteiger partial charge in [0.05, 0.1) is 23.6 Å². The molecule has 0 saturated carbocycles. The van der Waals surface area contributed by atoms with E-state index in [2.05, 4.69) is 30.8 Å². The molecule has 0 aliphatic carbocycles. The summed E-state index contributed by atoms with van der Waals surface area (Å²) in [6.45, 7) is 4.96. The molecule has 0 bridgehead atoms. The Morgan fingerprint density at radius 1 is 1.19 bits per heavy atom. The molecule has 0 fully saturated rings. The Balaban J connectivity index is 1.61. The highest BCUT2D eigenvalue weighted by molar-refractivity contribution is 6.29. The van der Waals surface area contributed by atoms with E-state index in [9.17, 15) is 13.6 Å². The summed E-state index contributed by atoms with van der Waals surface area (Å²) in [5.41, 5.74) is 2.54. The zero-order chi connectivity index (χ0) is 22.5. The average molecular weight is 452 g/mol. The molecule has 0 radical (unpaired) electrons. The van der Waals surface area contributed by atoms with Crippen LogP contribution in [-0.2, 0) is 6.54 Å². The van der Waals surface area contributed by atoms with Gasteiger partial charge in [0.1, 0.15) is 11.0 Å². The maximum absolute atomic E-state index is 12.3. The number of anilines is 1. The van der Waals surface area contributed by atoms with E-state index in [0.29, 0.717) is 11.5 Å². The minimum absolute atomic E-state index is 0.0100. The van der Waals surface area contributed by atoms with Crippen LogP contribution in [0.15, 0.2) is 24.4 Å². The largest absolute Gasteiger partial charge is 0.471 e. The maximum Gasteiger partial charge on any atom is 0.319 e. The molecule has 0 aliphatic rings. The Hall–Kier alpha value is -3.34. The molecule has 3 aromatic heterocycles. The number of pyridine rings is 1. The molecule has 3 aromatic rings. The summed E-state index contributed by atoms with van der Waals surface area (Å²) < 4.78 is 31.2. The molecule has 9 nitrogen and oxygen atoms in total. The fraction of sp³-hybridized carbons (Fsp3) is 0.316. The fourth-order valence-corrected chi connectivity index (χ4v) is 3.01. The Kier molecular flexibility index (Phi) is 6.95. The number of hydrogen-bond donors (Lipinski definition) is 2. The highest BCUT2D eigenvalue weighted by atomic mass is 35.5. The number of imidazole rings is 1. The van der Waals surface area contributed by atoms with Crippen LogP contribution in [0.2, 0.25) is 5.15 Å². The summed E-state index contributed by atoms with van der Waals surface area (Å²) in [6.07, 6.45) is -0.783. The van der Waals surface area contributed by atoms with Gasteiger partial charge in [-0.25, -0.2) is 23.5 Å². The highest BCUT2D eigenvalue weighted by Gasteiger charge is 2.12. The molecule has 0 unspecified atom stereocenters. The van der Waals surface area contributed by atoms with Crippen molar-refractivity contribution in [3.63, 3.8) is 0 Å². The van der Waals surface area contributed by atoms with Crippen LogP contribution in [0.1, 0.15) is 22.8 Å². The highest BCUT2D eigenvalue weighted by Crippen LogP contribution is 2.21. The molecule has 0 aromatic carbocycles. The van der Waals surface area contributed by atoms with Crippen LogP contribution in [0.4, 0.5) is 19.3 Å². The second-order valence-corrected chi connectivity index (χ2v) is 7.06.